The number of anilines is 1. The molecule has 1 aromatic rings. The van der Waals surface area contributed by atoms with E-state index >= 15 is 0 Å². The SMILES string of the molecule is CC(=O)Nc1nc(CN2CCC3(CCOC3)C2)cs1. The first-order valence-electron chi connectivity index (χ1n) is 6.67. The van der Waals surface area contributed by atoms with Crippen LogP contribution in [-0.2, 0) is 16.1 Å². The predicted octanol–water partition coefficient (Wildman–Crippen LogP) is 1.71. The number of hydrogen-bond acceptors (Lipinski definition) is 5. The van der Waals surface area contributed by atoms with Gasteiger partial charge in [-0.15, -0.1) is 11.3 Å². The molecule has 1 aromatic heterocycles. The number of amides is 1. The van der Waals surface area contributed by atoms with Crippen LogP contribution in [0.25, 0.3) is 0 Å². The Balaban J connectivity index is 1.57. The zero-order valence-corrected chi connectivity index (χ0v) is 12.0. The maximum atomic E-state index is 11.0. The fourth-order valence-corrected chi connectivity index (χ4v) is 3.70. The third-order valence-corrected chi connectivity index (χ3v) is 4.73. The quantitative estimate of drug-likeness (QED) is 0.916. The summed E-state index contributed by atoms with van der Waals surface area (Å²) < 4.78 is 5.54. The normalized spacial score (nSPS) is 27.2. The molecule has 2 saturated heterocycles. The summed E-state index contributed by atoms with van der Waals surface area (Å²) in [6, 6.07) is 0. The lowest BCUT2D eigenvalue weighted by molar-refractivity contribution is -0.114. The van der Waals surface area contributed by atoms with Crippen molar-refractivity contribution in [3.05, 3.63) is 11.1 Å². The van der Waals surface area contributed by atoms with Crippen molar-refractivity contribution >= 4 is 22.4 Å². The molecule has 3 rings (SSSR count). The molecule has 2 aliphatic heterocycles. The van der Waals surface area contributed by atoms with Gasteiger partial charge in [0.05, 0.1) is 12.3 Å². The van der Waals surface area contributed by atoms with E-state index < -0.39 is 0 Å². The summed E-state index contributed by atoms with van der Waals surface area (Å²) in [5.41, 5.74) is 1.45. The molecule has 0 aliphatic carbocycles. The predicted molar refractivity (Wildman–Crippen MR) is 74.2 cm³/mol. The zero-order chi connectivity index (χ0) is 13.3. The molecule has 1 unspecified atom stereocenters. The molecule has 1 N–H and O–H groups in total. The molecular weight excluding hydrogens is 262 g/mol. The average molecular weight is 281 g/mol. The smallest absolute Gasteiger partial charge is 0.223 e. The summed E-state index contributed by atoms with van der Waals surface area (Å²) in [6.07, 6.45) is 2.42. The fourth-order valence-electron chi connectivity index (χ4n) is 2.95. The second kappa shape index (κ2) is 5.19. The third-order valence-electron chi connectivity index (χ3n) is 3.92. The highest BCUT2D eigenvalue weighted by Gasteiger charge is 2.41. The van der Waals surface area contributed by atoms with E-state index in [1.54, 1.807) is 0 Å². The summed E-state index contributed by atoms with van der Waals surface area (Å²) in [4.78, 5) is 17.9. The van der Waals surface area contributed by atoms with Crippen molar-refractivity contribution in [1.82, 2.24) is 9.88 Å². The van der Waals surface area contributed by atoms with Crippen LogP contribution >= 0.6 is 11.3 Å². The average Bonchev–Trinajstić information content (AvgIpc) is 3.04. The summed E-state index contributed by atoms with van der Waals surface area (Å²) >= 11 is 1.49. The van der Waals surface area contributed by atoms with E-state index in [0.29, 0.717) is 10.5 Å². The molecule has 104 valence electrons. The van der Waals surface area contributed by atoms with Gasteiger partial charge in [0.1, 0.15) is 0 Å². The molecule has 0 aromatic carbocycles. The Kier molecular flexibility index (Phi) is 3.56. The van der Waals surface area contributed by atoms with Crippen LogP contribution in [0, 0.1) is 5.41 Å². The van der Waals surface area contributed by atoms with E-state index in [1.807, 2.05) is 5.38 Å². The van der Waals surface area contributed by atoms with Crippen molar-refractivity contribution in [3.8, 4) is 0 Å². The van der Waals surface area contributed by atoms with Gasteiger partial charge in [0, 0.05) is 37.4 Å². The lowest BCUT2D eigenvalue weighted by Crippen LogP contribution is -2.27. The van der Waals surface area contributed by atoms with Crippen LogP contribution in [0.1, 0.15) is 25.5 Å². The highest BCUT2D eigenvalue weighted by atomic mass is 32.1. The van der Waals surface area contributed by atoms with E-state index in [9.17, 15) is 4.79 Å². The van der Waals surface area contributed by atoms with Gasteiger partial charge in [-0.05, 0) is 19.4 Å². The molecule has 0 radical (unpaired) electrons. The van der Waals surface area contributed by atoms with Gasteiger partial charge in [-0.25, -0.2) is 4.98 Å². The number of nitrogens with zero attached hydrogens (tertiary/aromatic N) is 2. The van der Waals surface area contributed by atoms with Crippen molar-refractivity contribution in [3.63, 3.8) is 0 Å². The van der Waals surface area contributed by atoms with Gasteiger partial charge < -0.3 is 10.1 Å². The Bertz CT molecular complexity index is 468. The van der Waals surface area contributed by atoms with Crippen LogP contribution in [0.2, 0.25) is 0 Å². The van der Waals surface area contributed by atoms with Gasteiger partial charge in [0.25, 0.3) is 0 Å². The fraction of sp³-hybridized carbons (Fsp3) is 0.692. The molecule has 1 spiro atoms. The van der Waals surface area contributed by atoms with E-state index in [-0.39, 0.29) is 5.91 Å². The van der Waals surface area contributed by atoms with Crippen LogP contribution in [0.4, 0.5) is 5.13 Å². The van der Waals surface area contributed by atoms with Crippen molar-refractivity contribution in [2.24, 2.45) is 5.41 Å². The largest absolute Gasteiger partial charge is 0.381 e. The Labute approximate surface area is 117 Å². The van der Waals surface area contributed by atoms with Crippen LogP contribution in [0.5, 0.6) is 0 Å². The van der Waals surface area contributed by atoms with Crippen molar-refractivity contribution in [1.29, 1.82) is 0 Å². The lowest BCUT2D eigenvalue weighted by atomic mass is 9.87. The molecule has 6 heteroatoms. The summed E-state index contributed by atoms with van der Waals surface area (Å²) in [5, 5.41) is 5.45. The van der Waals surface area contributed by atoms with Gasteiger partial charge in [0.15, 0.2) is 5.13 Å². The van der Waals surface area contributed by atoms with Crippen molar-refractivity contribution < 1.29 is 9.53 Å². The van der Waals surface area contributed by atoms with Gasteiger partial charge in [-0.2, -0.15) is 0 Å². The van der Waals surface area contributed by atoms with Crippen molar-refractivity contribution in [2.75, 3.05) is 31.6 Å². The molecule has 0 saturated carbocycles. The molecule has 2 aliphatic rings. The molecule has 1 atom stereocenters. The number of hydrogen-bond donors (Lipinski definition) is 1. The first-order valence-corrected chi connectivity index (χ1v) is 7.55. The molecule has 0 bridgehead atoms. The number of carbonyl (C=O) groups excluding carboxylic acids is 1. The first kappa shape index (κ1) is 13.0. The topological polar surface area (TPSA) is 54.5 Å². The number of ether oxygens (including phenoxy) is 1. The maximum absolute atomic E-state index is 11.0. The maximum Gasteiger partial charge on any atom is 0.223 e. The Morgan fingerprint density at radius 2 is 2.53 bits per heavy atom. The van der Waals surface area contributed by atoms with E-state index in [1.165, 1.54) is 31.1 Å². The van der Waals surface area contributed by atoms with E-state index in [4.69, 9.17) is 4.74 Å². The Morgan fingerprint density at radius 1 is 1.63 bits per heavy atom. The molecule has 2 fully saturated rings. The van der Waals surface area contributed by atoms with Gasteiger partial charge >= 0.3 is 0 Å². The summed E-state index contributed by atoms with van der Waals surface area (Å²) in [5.74, 6) is -0.0656. The zero-order valence-electron chi connectivity index (χ0n) is 11.1. The number of likely N-dealkylation sites (tertiary alicyclic amines) is 1. The molecule has 5 nitrogen and oxygen atoms in total. The number of rotatable bonds is 3. The summed E-state index contributed by atoms with van der Waals surface area (Å²) in [7, 11) is 0. The van der Waals surface area contributed by atoms with Gasteiger partial charge in [0.2, 0.25) is 5.91 Å². The molecule has 1 amide bonds. The molecule has 3 heterocycles. The van der Waals surface area contributed by atoms with Crippen molar-refractivity contribution in [2.45, 2.75) is 26.3 Å². The minimum absolute atomic E-state index is 0.0656. The van der Waals surface area contributed by atoms with Gasteiger partial charge in [-0.1, -0.05) is 0 Å². The number of carbonyl (C=O) groups is 1. The van der Waals surface area contributed by atoms with Crippen LogP contribution in [-0.4, -0.2) is 42.1 Å². The Morgan fingerprint density at radius 3 is 3.26 bits per heavy atom. The Hall–Kier alpha value is -0.980. The van der Waals surface area contributed by atoms with Crippen LogP contribution in [0.3, 0.4) is 0 Å². The van der Waals surface area contributed by atoms with Gasteiger partial charge in [-0.3, -0.25) is 9.69 Å². The lowest BCUT2D eigenvalue weighted by Gasteiger charge is -2.21. The molecular formula is C13H19N3O2S. The van der Waals surface area contributed by atoms with E-state index in [0.717, 1.165) is 38.5 Å². The number of aromatic nitrogens is 1. The second-order valence-electron chi connectivity index (χ2n) is 5.59. The summed E-state index contributed by atoms with van der Waals surface area (Å²) in [6.45, 7) is 6.44. The standard InChI is InChI=1S/C13H19N3O2S/c1-10(17)14-12-15-11(7-19-12)6-16-4-2-13(8-16)3-5-18-9-13/h7H,2-6,8-9H2,1H3,(H,14,15,17). The highest BCUT2D eigenvalue weighted by Crippen LogP contribution is 2.38. The number of thiazole rings is 1. The molecule has 19 heavy (non-hydrogen) atoms. The minimum atomic E-state index is -0.0656. The van der Waals surface area contributed by atoms with Crippen LogP contribution in [0.15, 0.2) is 5.38 Å². The number of nitrogens with one attached hydrogen (secondary N) is 1. The highest BCUT2D eigenvalue weighted by molar-refractivity contribution is 7.13. The first-order chi connectivity index (χ1) is 9.15. The van der Waals surface area contributed by atoms with E-state index in [2.05, 4.69) is 15.2 Å². The second-order valence-corrected chi connectivity index (χ2v) is 6.45. The third kappa shape index (κ3) is 2.96. The monoisotopic (exact) mass is 281 g/mol. The van der Waals surface area contributed by atoms with Crippen LogP contribution < -0.4 is 5.32 Å². The minimum Gasteiger partial charge on any atom is -0.381 e.